The first-order valence-electron chi connectivity index (χ1n) is 12.1. The number of methoxy groups -OCH3 is 1. The predicted molar refractivity (Wildman–Crippen MR) is 138 cm³/mol. The zero-order chi connectivity index (χ0) is 23.9. The lowest BCUT2D eigenvalue weighted by molar-refractivity contribution is 0.0846. The number of benzene rings is 3. The third-order valence-corrected chi connectivity index (χ3v) is 6.66. The molecule has 1 amide bonds. The van der Waals surface area contributed by atoms with Crippen molar-refractivity contribution in [2.24, 2.45) is 0 Å². The van der Waals surface area contributed by atoms with E-state index in [4.69, 9.17) is 9.47 Å². The van der Waals surface area contributed by atoms with Gasteiger partial charge < -0.3 is 14.8 Å². The van der Waals surface area contributed by atoms with Crippen LogP contribution in [0.2, 0.25) is 0 Å². The molecule has 1 aliphatic rings. The van der Waals surface area contributed by atoms with E-state index in [1.165, 1.54) is 19.3 Å². The summed E-state index contributed by atoms with van der Waals surface area (Å²) in [7, 11) is 1.63. The van der Waals surface area contributed by atoms with Crippen LogP contribution in [0.15, 0.2) is 72.8 Å². The Labute approximate surface area is 202 Å². The molecule has 0 aromatic heterocycles. The normalized spacial score (nSPS) is 18.3. The van der Waals surface area contributed by atoms with Gasteiger partial charge in [-0.25, -0.2) is 0 Å². The minimum Gasteiger partial charge on any atom is -0.493 e. The van der Waals surface area contributed by atoms with Crippen molar-refractivity contribution in [2.45, 2.75) is 45.2 Å². The number of nitrogens with zero attached hydrogens (tertiary/aromatic N) is 1. The smallest absolute Gasteiger partial charge is 0.255 e. The Bertz CT molecular complexity index is 1070. The molecule has 34 heavy (non-hydrogen) atoms. The summed E-state index contributed by atoms with van der Waals surface area (Å²) in [5.41, 5.74) is 3.48. The molecule has 1 fully saturated rings. The number of rotatable bonds is 8. The molecule has 1 N–H and O–H groups in total. The number of piperidine rings is 1. The molecule has 0 bridgehead atoms. The van der Waals surface area contributed by atoms with Crippen molar-refractivity contribution in [3.63, 3.8) is 0 Å². The summed E-state index contributed by atoms with van der Waals surface area (Å²) in [6.45, 7) is 6.02. The lowest BCUT2D eigenvalue weighted by atomic mass is 9.98. The molecule has 5 nitrogen and oxygen atoms in total. The zero-order valence-corrected chi connectivity index (χ0v) is 20.3. The highest BCUT2D eigenvalue weighted by Gasteiger charge is 2.24. The molecule has 4 rings (SSSR count). The van der Waals surface area contributed by atoms with Gasteiger partial charge in [0.25, 0.3) is 5.91 Å². The number of anilines is 1. The first-order valence-corrected chi connectivity index (χ1v) is 12.1. The Balaban J connectivity index is 1.39. The van der Waals surface area contributed by atoms with Crippen LogP contribution in [0, 0.1) is 0 Å². The van der Waals surface area contributed by atoms with Gasteiger partial charge in [-0.1, -0.05) is 48.9 Å². The third-order valence-electron chi connectivity index (χ3n) is 6.66. The van der Waals surface area contributed by atoms with Gasteiger partial charge in [0.15, 0.2) is 11.5 Å². The van der Waals surface area contributed by atoms with E-state index in [0.29, 0.717) is 41.4 Å². The lowest BCUT2D eigenvalue weighted by Gasteiger charge is -2.38. The fourth-order valence-corrected chi connectivity index (χ4v) is 4.69. The topological polar surface area (TPSA) is 50.8 Å². The van der Waals surface area contributed by atoms with Gasteiger partial charge in [-0.05, 0) is 62.1 Å². The maximum absolute atomic E-state index is 12.8. The molecular formula is C29H34N2O3. The van der Waals surface area contributed by atoms with Crippen molar-refractivity contribution in [3.05, 3.63) is 78.4 Å². The van der Waals surface area contributed by atoms with Gasteiger partial charge >= 0.3 is 0 Å². The van der Waals surface area contributed by atoms with Crippen molar-refractivity contribution >= 4 is 11.6 Å². The zero-order valence-electron chi connectivity index (χ0n) is 20.3. The first-order chi connectivity index (χ1) is 16.5. The summed E-state index contributed by atoms with van der Waals surface area (Å²) < 4.78 is 11.6. The Morgan fingerprint density at radius 1 is 0.912 bits per heavy atom. The van der Waals surface area contributed by atoms with Gasteiger partial charge in [-0.3, -0.25) is 9.69 Å². The van der Waals surface area contributed by atoms with Crippen LogP contribution in [0.5, 0.6) is 11.5 Å². The Kier molecular flexibility index (Phi) is 7.86. The Morgan fingerprint density at radius 3 is 2.26 bits per heavy atom. The van der Waals surface area contributed by atoms with Gasteiger partial charge in [0, 0.05) is 35.9 Å². The SMILES string of the molecule is COc1ccc(NC(=O)c2ccc(-c3ccccc3)cc2)cc1OCCN1C(C)CCCC1C. The quantitative estimate of drug-likeness (QED) is 0.433. The Hall–Kier alpha value is -3.31. The van der Waals surface area contributed by atoms with E-state index in [-0.39, 0.29) is 5.91 Å². The van der Waals surface area contributed by atoms with E-state index >= 15 is 0 Å². The monoisotopic (exact) mass is 458 g/mol. The number of carbonyl (C=O) groups is 1. The molecule has 1 aliphatic heterocycles. The number of carbonyl (C=O) groups excluding carboxylic acids is 1. The van der Waals surface area contributed by atoms with Gasteiger partial charge in [-0.2, -0.15) is 0 Å². The lowest BCUT2D eigenvalue weighted by Crippen LogP contribution is -2.45. The number of hydrogen-bond acceptors (Lipinski definition) is 4. The van der Waals surface area contributed by atoms with Crippen LogP contribution in [0.4, 0.5) is 5.69 Å². The van der Waals surface area contributed by atoms with Crippen LogP contribution in [-0.4, -0.2) is 43.2 Å². The molecule has 3 aromatic carbocycles. The maximum Gasteiger partial charge on any atom is 0.255 e. The second-order valence-corrected chi connectivity index (χ2v) is 8.98. The molecule has 3 aromatic rings. The number of likely N-dealkylation sites (tertiary alicyclic amines) is 1. The fourth-order valence-electron chi connectivity index (χ4n) is 4.69. The fraction of sp³-hybridized carbons (Fsp3) is 0.345. The van der Waals surface area contributed by atoms with Crippen LogP contribution >= 0.6 is 0 Å². The van der Waals surface area contributed by atoms with E-state index in [9.17, 15) is 4.79 Å². The van der Waals surface area contributed by atoms with Gasteiger partial charge in [-0.15, -0.1) is 0 Å². The number of ether oxygens (including phenoxy) is 2. The first kappa shape index (κ1) is 23.8. The molecule has 2 atom stereocenters. The van der Waals surface area contributed by atoms with E-state index in [1.54, 1.807) is 7.11 Å². The van der Waals surface area contributed by atoms with Gasteiger partial charge in [0.2, 0.25) is 0 Å². The second-order valence-electron chi connectivity index (χ2n) is 8.98. The number of nitrogens with one attached hydrogen (secondary N) is 1. The van der Waals surface area contributed by atoms with E-state index in [1.807, 2.05) is 60.7 Å². The summed E-state index contributed by atoms with van der Waals surface area (Å²) >= 11 is 0. The average Bonchev–Trinajstić information content (AvgIpc) is 2.86. The average molecular weight is 459 g/mol. The minimum absolute atomic E-state index is 0.160. The Morgan fingerprint density at radius 2 is 1.59 bits per heavy atom. The highest BCUT2D eigenvalue weighted by molar-refractivity contribution is 6.04. The summed E-state index contributed by atoms with van der Waals surface area (Å²) in [5, 5.41) is 2.98. The molecule has 1 saturated heterocycles. The van der Waals surface area contributed by atoms with Gasteiger partial charge in [0.1, 0.15) is 6.61 Å². The number of amides is 1. The van der Waals surface area contributed by atoms with Crippen molar-refractivity contribution in [3.8, 4) is 22.6 Å². The molecule has 178 valence electrons. The molecule has 5 heteroatoms. The highest BCUT2D eigenvalue weighted by atomic mass is 16.5. The van der Waals surface area contributed by atoms with Crippen LogP contribution in [0.3, 0.4) is 0 Å². The van der Waals surface area contributed by atoms with E-state index < -0.39 is 0 Å². The van der Waals surface area contributed by atoms with Crippen LogP contribution in [-0.2, 0) is 0 Å². The molecule has 0 aliphatic carbocycles. The summed E-state index contributed by atoms with van der Waals surface area (Å²) in [5.74, 6) is 1.13. The van der Waals surface area contributed by atoms with Crippen molar-refractivity contribution in [1.29, 1.82) is 0 Å². The van der Waals surface area contributed by atoms with Crippen LogP contribution in [0.1, 0.15) is 43.5 Å². The summed E-state index contributed by atoms with van der Waals surface area (Å²) in [6, 6.07) is 24.4. The van der Waals surface area contributed by atoms with Crippen molar-refractivity contribution in [2.75, 3.05) is 25.6 Å². The molecule has 2 unspecified atom stereocenters. The standard InChI is InChI=1S/C29H34N2O3/c1-21-8-7-9-22(2)31(21)18-19-34-28-20-26(16-17-27(28)33-3)30-29(32)25-14-12-24(13-15-25)23-10-5-4-6-11-23/h4-6,10-17,20-22H,7-9,18-19H2,1-3H3,(H,30,32). The molecule has 0 radical (unpaired) electrons. The number of hydrogen-bond donors (Lipinski definition) is 1. The van der Waals surface area contributed by atoms with Crippen molar-refractivity contribution < 1.29 is 14.3 Å². The summed E-state index contributed by atoms with van der Waals surface area (Å²) in [4.78, 5) is 15.3. The second kappa shape index (κ2) is 11.2. The van der Waals surface area contributed by atoms with Crippen LogP contribution in [0.25, 0.3) is 11.1 Å². The highest BCUT2D eigenvalue weighted by Crippen LogP contribution is 2.31. The van der Waals surface area contributed by atoms with E-state index in [0.717, 1.165) is 17.7 Å². The maximum atomic E-state index is 12.8. The molecule has 1 heterocycles. The largest absolute Gasteiger partial charge is 0.493 e. The van der Waals surface area contributed by atoms with E-state index in [2.05, 4.69) is 36.2 Å². The third kappa shape index (κ3) is 5.78. The predicted octanol–water partition coefficient (Wildman–Crippen LogP) is 6.26. The minimum atomic E-state index is -0.160. The summed E-state index contributed by atoms with van der Waals surface area (Å²) in [6.07, 6.45) is 3.77. The molecule has 0 spiro atoms. The molecule has 0 saturated carbocycles. The van der Waals surface area contributed by atoms with Gasteiger partial charge in [0.05, 0.1) is 7.11 Å². The van der Waals surface area contributed by atoms with Crippen LogP contribution < -0.4 is 14.8 Å². The van der Waals surface area contributed by atoms with Crippen molar-refractivity contribution in [1.82, 2.24) is 4.90 Å². The molecular weight excluding hydrogens is 424 g/mol.